The van der Waals surface area contributed by atoms with Crippen molar-refractivity contribution in [2.45, 2.75) is 31.8 Å². The van der Waals surface area contributed by atoms with Crippen LogP contribution < -0.4 is 0 Å². The van der Waals surface area contributed by atoms with Crippen molar-refractivity contribution in [1.29, 1.82) is 0 Å². The van der Waals surface area contributed by atoms with E-state index in [2.05, 4.69) is 5.92 Å². The second kappa shape index (κ2) is 7.82. The van der Waals surface area contributed by atoms with Crippen LogP contribution in [0.2, 0.25) is 0 Å². The van der Waals surface area contributed by atoms with Gasteiger partial charge in [-0.15, -0.1) is 6.42 Å². The van der Waals surface area contributed by atoms with Gasteiger partial charge in [0.05, 0.1) is 19.1 Å². The summed E-state index contributed by atoms with van der Waals surface area (Å²) in [5.41, 5.74) is 1.17. The van der Waals surface area contributed by atoms with Gasteiger partial charge in [0.2, 0.25) is 0 Å². The number of esters is 1. The zero-order valence-electron chi connectivity index (χ0n) is 12.8. The molecule has 0 aliphatic rings. The predicted octanol–water partition coefficient (Wildman–Crippen LogP) is 1.83. The molecule has 0 fully saturated rings. The van der Waals surface area contributed by atoms with E-state index >= 15 is 0 Å². The number of ether oxygens (including phenoxy) is 2. The van der Waals surface area contributed by atoms with E-state index < -0.39 is 11.5 Å². The first-order valence-corrected chi connectivity index (χ1v) is 6.81. The SMILES string of the molecule is C#CC(O)COCCC(C)(C(=O)OC)c1cccc(C)c1. The maximum absolute atomic E-state index is 12.2. The molecule has 114 valence electrons. The van der Waals surface area contributed by atoms with E-state index in [1.165, 1.54) is 7.11 Å². The van der Waals surface area contributed by atoms with Crippen LogP contribution in [-0.4, -0.2) is 37.5 Å². The number of carbonyl (C=O) groups excluding carboxylic acids is 1. The first-order valence-electron chi connectivity index (χ1n) is 6.81. The monoisotopic (exact) mass is 290 g/mol. The van der Waals surface area contributed by atoms with Gasteiger partial charge in [0.1, 0.15) is 6.10 Å². The molecule has 4 nitrogen and oxygen atoms in total. The van der Waals surface area contributed by atoms with Gasteiger partial charge in [-0.05, 0) is 25.8 Å². The Kier molecular flexibility index (Phi) is 6.41. The second-order valence-electron chi connectivity index (χ2n) is 5.20. The predicted molar refractivity (Wildman–Crippen MR) is 80.8 cm³/mol. The Morgan fingerprint density at radius 1 is 1.52 bits per heavy atom. The van der Waals surface area contributed by atoms with E-state index in [-0.39, 0.29) is 12.6 Å². The molecule has 0 aliphatic carbocycles. The number of terminal acetylenes is 1. The minimum Gasteiger partial charge on any atom is -0.468 e. The fourth-order valence-electron chi connectivity index (χ4n) is 2.10. The van der Waals surface area contributed by atoms with Crippen molar-refractivity contribution >= 4 is 5.97 Å². The van der Waals surface area contributed by atoms with Crippen LogP contribution in [0.5, 0.6) is 0 Å². The highest BCUT2D eigenvalue weighted by Crippen LogP contribution is 2.30. The van der Waals surface area contributed by atoms with Crippen molar-refractivity contribution in [3.8, 4) is 12.3 Å². The summed E-state index contributed by atoms with van der Waals surface area (Å²) in [5.74, 6) is 1.86. The molecule has 2 atom stereocenters. The topological polar surface area (TPSA) is 55.8 Å². The van der Waals surface area contributed by atoms with Crippen molar-refractivity contribution in [2.24, 2.45) is 0 Å². The second-order valence-corrected chi connectivity index (χ2v) is 5.20. The smallest absolute Gasteiger partial charge is 0.316 e. The number of rotatable bonds is 7. The molecule has 0 aliphatic heterocycles. The Morgan fingerprint density at radius 2 is 2.24 bits per heavy atom. The molecule has 0 saturated heterocycles. The van der Waals surface area contributed by atoms with Gasteiger partial charge in [-0.2, -0.15) is 0 Å². The van der Waals surface area contributed by atoms with Gasteiger partial charge < -0.3 is 14.6 Å². The zero-order valence-corrected chi connectivity index (χ0v) is 12.8. The minimum atomic E-state index is -0.923. The van der Waals surface area contributed by atoms with Gasteiger partial charge in [-0.1, -0.05) is 35.7 Å². The third kappa shape index (κ3) is 4.59. The third-order valence-electron chi connectivity index (χ3n) is 3.51. The summed E-state index contributed by atoms with van der Waals surface area (Å²) in [6, 6.07) is 7.75. The third-order valence-corrected chi connectivity index (χ3v) is 3.51. The fraction of sp³-hybridized carbons (Fsp3) is 0.471. The quantitative estimate of drug-likeness (QED) is 0.473. The van der Waals surface area contributed by atoms with Gasteiger partial charge in [0.15, 0.2) is 0 Å². The van der Waals surface area contributed by atoms with E-state index in [1.54, 1.807) is 0 Å². The van der Waals surface area contributed by atoms with Crippen molar-refractivity contribution in [2.75, 3.05) is 20.3 Å². The van der Waals surface area contributed by atoms with Crippen LogP contribution in [0.1, 0.15) is 24.5 Å². The van der Waals surface area contributed by atoms with Gasteiger partial charge in [-0.3, -0.25) is 4.79 Å². The number of aliphatic hydroxyl groups excluding tert-OH is 1. The summed E-state index contributed by atoms with van der Waals surface area (Å²) >= 11 is 0. The standard InChI is InChI=1S/C17H22O4/c1-5-15(18)12-21-10-9-17(3,16(19)20-4)14-8-6-7-13(2)11-14/h1,6-8,11,15,18H,9-10,12H2,2-4H3. The molecule has 0 amide bonds. The number of methoxy groups -OCH3 is 1. The van der Waals surface area contributed by atoms with Gasteiger partial charge in [0, 0.05) is 6.61 Å². The molecule has 1 aromatic carbocycles. The summed E-state index contributed by atoms with van der Waals surface area (Å²) in [4.78, 5) is 12.2. The number of aliphatic hydroxyl groups is 1. The number of aryl methyl sites for hydroxylation is 1. The molecule has 1 aromatic rings. The van der Waals surface area contributed by atoms with Gasteiger partial charge in [-0.25, -0.2) is 0 Å². The maximum atomic E-state index is 12.2. The van der Waals surface area contributed by atoms with Crippen molar-refractivity contribution in [3.05, 3.63) is 35.4 Å². The molecule has 0 bridgehead atoms. The Labute approximate surface area is 126 Å². The number of hydrogen-bond donors (Lipinski definition) is 1. The highest BCUT2D eigenvalue weighted by Gasteiger charge is 2.36. The van der Waals surface area contributed by atoms with Crippen LogP contribution >= 0.6 is 0 Å². The number of hydrogen-bond acceptors (Lipinski definition) is 4. The van der Waals surface area contributed by atoms with E-state index in [9.17, 15) is 9.90 Å². The van der Waals surface area contributed by atoms with E-state index in [1.807, 2.05) is 38.1 Å². The first kappa shape index (κ1) is 17.2. The average molecular weight is 290 g/mol. The van der Waals surface area contributed by atoms with Crippen molar-refractivity contribution in [1.82, 2.24) is 0 Å². The lowest BCUT2D eigenvalue weighted by Gasteiger charge is -2.27. The Balaban J connectivity index is 2.81. The average Bonchev–Trinajstić information content (AvgIpc) is 2.50. The largest absolute Gasteiger partial charge is 0.468 e. The molecule has 1 N–H and O–H groups in total. The molecule has 21 heavy (non-hydrogen) atoms. The molecule has 0 radical (unpaired) electrons. The molecule has 0 heterocycles. The summed E-state index contributed by atoms with van der Waals surface area (Å²) in [6.45, 7) is 4.16. The molecule has 0 aromatic heterocycles. The number of benzene rings is 1. The highest BCUT2D eigenvalue weighted by atomic mass is 16.5. The molecule has 0 spiro atoms. The van der Waals surface area contributed by atoms with E-state index in [4.69, 9.17) is 15.9 Å². The molecular formula is C17H22O4. The summed E-state index contributed by atoms with van der Waals surface area (Å²) in [5, 5.41) is 9.24. The van der Waals surface area contributed by atoms with Crippen LogP contribution in [-0.2, 0) is 19.7 Å². The van der Waals surface area contributed by atoms with Gasteiger partial charge in [0.25, 0.3) is 0 Å². The van der Waals surface area contributed by atoms with E-state index in [0.717, 1.165) is 11.1 Å². The van der Waals surface area contributed by atoms with Crippen molar-refractivity contribution in [3.63, 3.8) is 0 Å². The van der Waals surface area contributed by atoms with Crippen LogP contribution in [0, 0.1) is 19.3 Å². The lowest BCUT2D eigenvalue weighted by atomic mass is 9.79. The number of carbonyl (C=O) groups is 1. The van der Waals surface area contributed by atoms with Crippen LogP contribution in [0.4, 0.5) is 0 Å². The Hall–Kier alpha value is -1.83. The summed E-state index contributed by atoms with van der Waals surface area (Å²) < 4.78 is 10.3. The van der Waals surface area contributed by atoms with Gasteiger partial charge >= 0.3 is 5.97 Å². The highest BCUT2D eigenvalue weighted by molar-refractivity contribution is 5.82. The lowest BCUT2D eigenvalue weighted by molar-refractivity contribution is -0.147. The Morgan fingerprint density at radius 3 is 2.81 bits per heavy atom. The van der Waals surface area contributed by atoms with Crippen LogP contribution in [0.25, 0.3) is 0 Å². The summed E-state index contributed by atoms with van der Waals surface area (Å²) in [7, 11) is 1.37. The van der Waals surface area contributed by atoms with Crippen molar-refractivity contribution < 1.29 is 19.4 Å². The van der Waals surface area contributed by atoms with Crippen LogP contribution in [0.3, 0.4) is 0 Å². The summed E-state index contributed by atoms with van der Waals surface area (Å²) in [6.07, 6.45) is 4.59. The molecular weight excluding hydrogens is 268 g/mol. The normalized spacial score (nSPS) is 14.8. The molecule has 2 unspecified atom stereocenters. The minimum absolute atomic E-state index is 0.0571. The first-order chi connectivity index (χ1) is 9.93. The Bertz CT molecular complexity index is 518. The maximum Gasteiger partial charge on any atom is 0.316 e. The zero-order chi connectivity index (χ0) is 15.9. The fourth-order valence-corrected chi connectivity index (χ4v) is 2.10. The van der Waals surface area contributed by atoms with E-state index in [0.29, 0.717) is 13.0 Å². The molecule has 0 saturated carbocycles. The lowest BCUT2D eigenvalue weighted by Crippen LogP contribution is -2.35. The molecule has 4 heteroatoms. The van der Waals surface area contributed by atoms with Crippen LogP contribution in [0.15, 0.2) is 24.3 Å². The molecule has 1 rings (SSSR count).